The van der Waals surface area contributed by atoms with Gasteiger partial charge in [0.1, 0.15) is 0 Å². The fraction of sp³-hybridized carbons (Fsp3) is 0.333. The molecule has 17 heavy (non-hydrogen) atoms. The van der Waals surface area contributed by atoms with Crippen LogP contribution in [-0.4, -0.2) is 28.5 Å². The van der Waals surface area contributed by atoms with Crippen LogP contribution in [0.15, 0.2) is 18.2 Å². The van der Waals surface area contributed by atoms with Gasteiger partial charge in [-0.2, -0.15) is 4.37 Å². The Morgan fingerprint density at radius 1 is 1.35 bits per heavy atom. The minimum Gasteiger partial charge on any atom is -0.476 e. The largest absolute Gasteiger partial charge is 0.476 e. The Bertz CT molecular complexity index is 573. The van der Waals surface area contributed by atoms with Crippen LogP contribution < -0.4 is 4.90 Å². The number of hydrogen-bond acceptors (Lipinski definition) is 4. The molecule has 1 N–H and O–H groups in total. The number of rotatable bonds is 2. The molecule has 0 atom stereocenters. The van der Waals surface area contributed by atoms with Crippen LogP contribution in [0.4, 0.5) is 5.69 Å². The molecule has 1 aliphatic rings. The predicted molar refractivity (Wildman–Crippen MR) is 68.0 cm³/mol. The number of hydrogen-bond donors (Lipinski definition) is 1. The second-order valence-corrected chi connectivity index (χ2v) is 5.02. The topological polar surface area (TPSA) is 53.4 Å². The summed E-state index contributed by atoms with van der Waals surface area (Å²) in [6, 6.07) is 5.91. The summed E-state index contributed by atoms with van der Waals surface area (Å²) in [5.41, 5.74) is 1.34. The molecule has 2 aromatic rings. The van der Waals surface area contributed by atoms with Gasteiger partial charge in [-0.3, -0.25) is 0 Å². The lowest BCUT2D eigenvalue weighted by Gasteiger charge is -2.17. The van der Waals surface area contributed by atoms with Crippen LogP contribution in [0.3, 0.4) is 0 Å². The molecule has 1 saturated heterocycles. The van der Waals surface area contributed by atoms with Crippen LogP contribution in [0.25, 0.3) is 10.1 Å². The van der Waals surface area contributed by atoms with Crippen molar-refractivity contribution in [1.82, 2.24) is 4.37 Å². The highest BCUT2D eigenvalue weighted by Gasteiger charge is 2.16. The number of fused-ring (bicyclic) bond motifs is 1. The Labute approximate surface area is 103 Å². The second kappa shape index (κ2) is 4.00. The Kier molecular flexibility index (Phi) is 2.48. The molecule has 0 bridgehead atoms. The van der Waals surface area contributed by atoms with E-state index in [0.29, 0.717) is 0 Å². The number of carboxylic acids is 1. The average Bonchev–Trinajstić information content (AvgIpc) is 2.97. The van der Waals surface area contributed by atoms with E-state index in [9.17, 15) is 4.79 Å². The van der Waals surface area contributed by atoms with Crippen molar-refractivity contribution in [2.45, 2.75) is 12.8 Å². The van der Waals surface area contributed by atoms with E-state index in [4.69, 9.17) is 5.11 Å². The molecular weight excluding hydrogens is 236 g/mol. The van der Waals surface area contributed by atoms with Crippen molar-refractivity contribution >= 4 is 33.3 Å². The van der Waals surface area contributed by atoms with Gasteiger partial charge in [-0.25, -0.2) is 4.79 Å². The number of anilines is 1. The third kappa shape index (κ3) is 1.76. The summed E-state index contributed by atoms with van der Waals surface area (Å²) in [6.07, 6.45) is 2.47. The molecule has 1 aromatic heterocycles. The zero-order chi connectivity index (χ0) is 11.8. The quantitative estimate of drug-likeness (QED) is 0.887. The number of benzene rings is 1. The van der Waals surface area contributed by atoms with Gasteiger partial charge in [0, 0.05) is 24.2 Å². The Morgan fingerprint density at radius 2 is 2.12 bits per heavy atom. The third-order valence-corrected chi connectivity index (χ3v) is 3.94. The van der Waals surface area contributed by atoms with E-state index in [2.05, 4.69) is 9.27 Å². The molecule has 0 radical (unpaired) electrons. The molecule has 1 aromatic carbocycles. The van der Waals surface area contributed by atoms with E-state index in [1.807, 2.05) is 18.2 Å². The van der Waals surface area contributed by atoms with Crippen LogP contribution in [-0.2, 0) is 0 Å². The molecule has 4 nitrogen and oxygen atoms in total. The minimum absolute atomic E-state index is 0.165. The molecule has 0 aliphatic carbocycles. The van der Waals surface area contributed by atoms with Crippen molar-refractivity contribution in [2.75, 3.05) is 18.0 Å². The molecule has 2 heterocycles. The van der Waals surface area contributed by atoms with Crippen LogP contribution in [0.2, 0.25) is 0 Å². The summed E-state index contributed by atoms with van der Waals surface area (Å²) < 4.78 is 4.94. The van der Waals surface area contributed by atoms with Crippen molar-refractivity contribution in [1.29, 1.82) is 0 Å². The van der Waals surface area contributed by atoms with Gasteiger partial charge >= 0.3 is 5.97 Å². The first-order valence-electron chi connectivity index (χ1n) is 5.63. The number of aromatic nitrogens is 1. The lowest BCUT2D eigenvalue weighted by atomic mass is 10.2. The maximum Gasteiger partial charge on any atom is 0.356 e. The minimum atomic E-state index is -0.954. The monoisotopic (exact) mass is 248 g/mol. The number of aromatic carboxylic acids is 1. The highest BCUT2D eigenvalue weighted by Crippen LogP contribution is 2.29. The normalized spacial score (nSPS) is 15.6. The van der Waals surface area contributed by atoms with Crippen molar-refractivity contribution in [3.8, 4) is 0 Å². The van der Waals surface area contributed by atoms with Gasteiger partial charge in [0.05, 0.1) is 4.70 Å². The van der Waals surface area contributed by atoms with Crippen molar-refractivity contribution < 1.29 is 9.90 Å². The van der Waals surface area contributed by atoms with Crippen LogP contribution in [0.1, 0.15) is 23.3 Å². The SMILES string of the molecule is O=C(O)c1nsc2cc(N3CCCC3)ccc12. The standard InChI is InChI=1S/C12H12N2O2S/c15-12(16)11-9-4-3-8(7-10(9)17-13-11)14-5-1-2-6-14/h3-4,7H,1-2,5-6H2,(H,15,16). The average molecular weight is 248 g/mol. The number of carbonyl (C=O) groups is 1. The first-order valence-corrected chi connectivity index (χ1v) is 6.41. The second-order valence-electron chi connectivity index (χ2n) is 4.21. The summed E-state index contributed by atoms with van der Waals surface area (Å²) in [4.78, 5) is 13.3. The Hall–Kier alpha value is -1.62. The van der Waals surface area contributed by atoms with E-state index >= 15 is 0 Å². The lowest BCUT2D eigenvalue weighted by Crippen LogP contribution is -2.17. The highest BCUT2D eigenvalue weighted by molar-refractivity contribution is 7.13. The maximum atomic E-state index is 11.0. The number of carboxylic acid groups (broad SMARTS) is 1. The van der Waals surface area contributed by atoms with Gasteiger partial charge in [-0.1, -0.05) is 0 Å². The fourth-order valence-corrected chi connectivity index (χ4v) is 3.06. The van der Waals surface area contributed by atoms with Gasteiger partial charge < -0.3 is 10.0 Å². The first kappa shape index (κ1) is 10.5. The molecule has 3 rings (SSSR count). The molecule has 0 spiro atoms. The van der Waals surface area contributed by atoms with Crippen LogP contribution >= 0.6 is 11.5 Å². The smallest absolute Gasteiger partial charge is 0.356 e. The zero-order valence-corrected chi connectivity index (χ0v) is 10.0. The highest BCUT2D eigenvalue weighted by atomic mass is 32.1. The van der Waals surface area contributed by atoms with Crippen molar-refractivity contribution in [3.05, 3.63) is 23.9 Å². The Balaban J connectivity index is 2.05. The molecule has 0 amide bonds. The van der Waals surface area contributed by atoms with Crippen LogP contribution in [0.5, 0.6) is 0 Å². The predicted octanol–water partition coefficient (Wildman–Crippen LogP) is 2.59. The zero-order valence-electron chi connectivity index (χ0n) is 9.22. The van der Waals surface area contributed by atoms with E-state index in [0.717, 1.165) is 23.2 Å². The molecule has 0 unspecified atom stereocenters. The van der Waals surface area contributed by atoms with Gasteiger partial charge in [0.2, 0.25) is 0 Å². The van der Waals surface area contributed by atoms with E-state index in [1.54, 1.807) is 0 Å². The summed E-state index contributed by atoms with van der Waals surface area (Å²) in [5, 5.41) is 9.73. The summed E-state index contributed by atoms with van der Waals surface area (Å²) in [7, 11) is 0. The maximum absolute atomic E-state index is 11.0. The van der Waals surface area contributed by atoms with Crippen molar-refractivity contribution in [3.63, 3.8) is 0 Å². The number of nitrogens with zero attached hydrogens (tertiary/aromatic N) is 2. The van der Waals surface area contributed by atoms with Crippen LogP contribution in [0, 0.1) is 0 Å². The van der Waals surface area contributed by atoms with E-state index in [1.165, 1.54) is 30.1 Å². The van der Waals surface area contributed by atoms with Crippen molar-refractivity contribution in [2.24, 2.45) is 0 Å². The summed E-state index contributed by atoms with van der Waals surface area (Å²) in [5.74, 6) is -0.954. The fourth-order valence-electron chi connectivity index (χ4n) is 2.25. The van der Waals surface area contributed by atoms with Gasteiger partial charge in [-0.15, -0.1) is 0 Å². The molecule has 1 aliphatic heterocycles. The summed E-state index contributed by atoms with van der Waals surface area (Å²) in [6.45, 7) is 2.19. The molecule has 1 fully saturated rings. The molecule has 5 heteroatoms. The summed E-state index contributed by atoms with van der Waals surface area (Å²) >= 11 is 1.26. The third-order valence-electron chi connectivity index (χ3n) is 3.13. The van der Waals surface area contributed by atoms with E-state index in [-0.39, 0.29) is 5.69 Å². The molecule has 0 saturated carbocycles. The van der Waals surface area contributed by atoms with Gasteiger partial charge in [-0.05, 0) is 42.6 Å². The van der Waals surface area contributed by atoms with Gasteiger partial charge in [0.25, 0.3) is 0 Å². The van der Waals surface area contributed by atoms with Gasteiger partial charge in [0.15, 0.2) is 5.69 Å². The first-order chi connectivity index (χ1) is 8.25. The van der Waals surface area contributed by atoms with E-state index < -0.39 is 5.97 Å². The molecular formula is C12H12N2O2S. The Morgan fingerprint density at radius 3 is 2.82 bits per heavy atom. The lowest BCUT2D eigenvalue weighted by molar-refractivity contribution is 0.0694. The molecule has 88 valence electrons.